The molecule has 0 radical (unpaired) electrons. The number of hydrogen-bond donors (Lipinski definition) is 1. The molecule has 1 aliphatic heterocycles. The normalized spacial score (nSPS) is 37.1. The van der Waals surface area contributed by atoms with Gasteiger partial charge in [0, 0.05) is 24.8 Å². The lowest BCUT2D eigenvalue weighted by atomic mass is 9.63. The molecule has 0 unspecified atom stereocenters. The zero-order chi connectivity index (χ0) is 20.7. The van der Waals surface area contributed by atoms with Crippen molar-refractivity contribution < 1.29 is 29.0 Å². The summed E-state index contributed by atoms with van der Waals surface area (Å²) < 4.78 is 11.8. The van der Waals surface area contributed by atoms with E-state index >= 15 is 0 Å². The van der Waals surface area contributed by atoms with Crippen LogP contribution in [0.5, 0.6) is 0 Å². The Balaban J connectivity index is 2.10. The van der Waals surface area contributed by atoms with Crippen molar-refractivity contribution in [3.8, 4) is 0 Å². The molecule has 1 heterocycles. The van der Waals surface area contributed by atoms with Crippen LogP contribution in [0.1, 0.15) is 47.0 Å². The largest absolute Gasteiger partial charge is 0.478 e. The maximum atomic E-state index is 13.2. The summed E-state index contributed by atoms with van der Waals surface area (Å²) in [5.74, 6) is -2.10. The number of esters is 2. The van der Waals surface area contributed by atoms with Crippen LogP contribution in [0.4, 0.5) is 0 Å². The summed E-state index contributed by atoms with van der Waals surface area (Å²) in [6.07, 6.45) is 12.1. The Morgan fingerprint density at radius 2 is 2.07 bits per heavy atom. The molecule has 0 aromatic carbocycles. The third kappa shape index (κ3) is 2.91. The first-order valence-electron chi connectivity index (χ1n) is 9.45. The first-order chi connectivity index (χ1) is 13.1. The van der Waals surface area contributed by atoms with Crippen molar-refractivity contribution in [1.82, 2.24) is 0 Å². The molecule has 2 aliphatic carbocycles. The van der Waals surface area contributed by atoms with E-state index in [4.69, 9.17) is 14.6 Å². The number of carbonyl (C=O) groups excluding carboxylic acids is 2. The molecule has 2 bridgehead atoms. The van der Waals surface area contributed by atoms with Gasteiger partial charge in [-0.05, 0) is 39.7 Å². The Kier molecular flexibility index (Phi) is 4.86. The average molecular weight is 386 g/mol. The fourth-order valence-corrected chi connectivity index (χ4v) is 4.85. The summed E-state index contributed by atoms with van der Waals surface area (Å²) in [4.78, 5) is 36.3. The molecule has 3 aliphatic rings. The van der Waals surface area contributed by atoms with E-state index in [-0.39, 0.29) is 11.5 Å². The van der Waals surface area contributed by atoms with Gasteiger partial charge in [-0.1, -0.05) is 36.0 Å². The van der Waals surface area contributed by atoms with Gasteiger partial charge < -0.3 is 14.6 Å². The van der Waals surface area contributed by atoms with Crippen molar-refractivity contribution in [1.29, 1.82) is 0 Å². The van der Waals surface area contributed by atoms with E-state index in [1.807, 2.05) is 25.2 Å². The molecular weight excluding hydrogens is 360 g/mol. The first-order valence-corrected chi connectivity index (χ1v) is 9.45. The molecule has 6 nitrogen and oxygen atoms in total. The van der Waals surface area contributed by atoms with Gasteiger partial charge in [0.25, 0.3) is 0 Å². The van der Waals surface area contributed by atoms with E-state index in [0.29, 0.717) is 19.3 Å². The number of carboxylic acids is 1. The minimum absolute atomic E-state index is 0.174. The van der Waals surface area contributed by atoms with Crippen molar-refractivity contribution in [2.75, 3.05) is 0 Å². The molecule has 3 rings (SSSR count). The highest BCUT2D eigenvalue weighted by atomic mass is 16.6. The Bertz CT molecular complexity index is 847. The van der Waals surface area contributed by atoms with Crippen LogP contribution in [-0.4, -0.2) is 34.2 Å². The van der Waals surface area contributed by atoms with E-state index in [1.54, 1.807) is 19.1 Å². The van der Waals surface area contributed by atoms with Crippen LogP contribution in [0.2, 0.25) is 0 Å². The lowest BCUT2D eigenvalue weighted by molar-refractivity contribution is -0.225. The predicted octanol–water partition coefficient (Wildman–Crippen LogP) is 3.49. The Morgan fingerprint density at radius 1 is 1.36 bits per heavy atom. The van der Waals surface area contributed by atoms with Crippen LogP contribution in [0.15, 0.2) is 47.6 Å². The number of carbonyl (C=O) groups is 3. The molecule has 1 saturated carbocycles. The fourth-order valence-electron chi connectivity index (χ4n) is 4.85. The summed E-state index contributed by atoms with van der Waals surface area (Å²) in [6.45, 7) is 6.59. The fraction of sp³-hybridized carbons (Fsp3) is 0.500. The van der Waals surface area contributed by atoms with Gasteiger partial charge in [-0.2, -0.15) is 0 Å². The maximum Gasteiger partial charge on any atom is 0.331 e. The van der Waals surface area contributed by atoms with Gasteiger partial charge in [0.2, 0.25) is 0 Å². The van der Waals surface area contributed by atoms with E-state index in [9.17, 15) is 14.4 Å². The second kappa shape index (κ2) is 6.76. The zero-order valence-electron chi connectivity index (χ0n) is 16.7. The number of ether oxygens (including phenoxy) is 2. The molecule has 0 aromatic rings. The SMILES string of the molecule is CC(=O)O[C@]12CC=C(C)C=C[C@@]13CC[C@H]2[C@@](C)(/C=C/C=C(\C)C(=O)O)OC3=O. The van der Waals surface area contributed by atoms with Crippen LogP contribution < -0.4 is 0 Å². The minimum Gasteiger partial charge on any atom is -0.478 e. The molecule has 0 amide bonds. The Morgan fingerprint density at radius 3 is 2.71 bits per heavy atom. The molecule has 6 heteroatoms. The minimum atomic E-state index is -1.02. The van der Waals surface area contributed by atoms with Crippen LogP contribution in [0.3, 0.4) is 0 Å². The standard InChI is InChI=1S/C22H26O6/c1-14-7-11-21-12-9-17(22(21,13-8-14)27-16(3)23)20(4,28-19(21)26)10-5-6-15(2)18(24)25/h5-8,10-11,17H,9,12-13H2,1-4H3,(H,24,25)/b10-5+,15-6+/t17-,20+,21-,22-/m0/s1. The summed E-state index contributed by atoms with van der Waals surface area (Å²) in [5, 5.41) is 9.02. The summed E-state index contributed by atoms with van der Waals surface area (Å²) >= 11 is 0. The summed E-state index contributed by atoms with van der Waals surface area (Å²) in [6, 6.07) is 0. The van der Waals surface area contributed by atoms with E-state index < -0.39 is 34.5 Å². The Hall–Kier alpha value is -2.63. The predicted molar refractivity (Wildman–Crippen MR) is 102 cm³/mol. The molecular formula is C22H26O6. The van der Waals surface area contributed by atoms with Crippen LogP contribution in [0, 0.1) is 11.3 Å². The van der Waals surface area contributed by atoms with E-state index in [1.165, 1.54) is 19.9 Å². The number of rotatable bonds is 4. The maximum absolute atomic E-state index is 13.2. The van der Waals surface area contributed by atoms with Gasteiger partial charge in [0.05, 0.1) is 0 Å². The molecule has 1 saturated heterocycles. The smallest absolute Gasteiger partial charge is 0.331 e. The molecule has 150 valence electrons. The quantitative estimate of drug-likeness (QED) is 0.452. The van der Waals surface area contributed by atoms with Crippen molar-refractivity contribution in [2.45, 2.75) is 58.2 Å². The first kappa shape index (κ1) is 20.1. The number of carboxylic acid groups (broad SMARTS) is 1. The highest BCUT2D eigenvalue weighted by Gasteiger charge is 2.73. The monoisotopic (exact) mass is 386 g/mol. The molecule has 1 N–H and O–H groups in total. The van der Waals surface area contributed by atoms with Crippen molar-refractivity contribution in [3.63, 3.8) is 0 Å². The number of allylic oxidation sites excluding steroid dienone is 4. The second-order valence-electron chi connectivity index (χ2n) is 8.12. The highest BCUT2D eigenvalue weighted by Crippen LogP contribution is 2.64. The third-order valence-corrected chi connectivity index (χ3v) is 6.31. The van der Waals surface area contributed by atoms with Crippen molar-refractivity contribution in [3.05, 3.63) is 47.6 Å². The highest BCUT2D eigenvalue weighted by molar-refractivity contribution is 5.86. The molecule has 2 fully saturated rings. The number of aliphatic carboxylic acids is 1. The van der Waals surface area contributed by atoms with Crippen LogP contribution in [-0.2, 0) is 23.9 Å². The summed E-state index contributed by atoms with van der Waals surface area (Å²) in [7, 11) is 0. The van der Waals surface area contributed by atoms with Gasteiger partial charge in [-0.25, -0.2) is 4.79 Å². The van der Waals surface area contributed by atoms with Gasteiger partial charge in [-0.15, -0.1) is 0 Å². The topological polar surface area (TPSA) is 89.9 Å². The van der Waals surface area contributed by atoms with Crippen molar-refractivity contribution in [2.24, 2.45) is 11.3 Å². The second-order valence-corrected chi connectivity index (χ2v) is 8.12. The number of hydrogen-bond acceptors (Lipinski definition) is 5. The lowest BCUT2D eigenvalue weighted by Gasteiger charge is -2.53. The van der Waals surface area contributed by atoms with Crippen LogP contribution >= 0.6 is 0 Å². The van der Waals surface area contributed by atoms with Gasteiger partial charge >= 0.3 is 17.9 Å². The molecule has 0 spiro atoms. The zero-order valence-corrected chi connectivity index (χ0v) is 16.7. The van der Waals surface area contributed by atoms with E-state index in [2.05, 4.69) is 0 Å². The summed E-state index contributed by atoms with van der Waals surface area (Å²) in [5.41, 5.74) is -1.86. The van der Waals surface area contributed by atoms with Gasteiger partial charge in [-0.3, -0.25) is 9.59 Å². The molecule has 0 aromatic heterocycles. The average Bonchev–Trinajstić information content (AvgIpc) is 2.77. The molecule has 4 atom stereocenters. The number of cyclic esters (lactones) is 1. The third-order valence-electron chi connectivity index (χ3n) is 6.31. The lowest BCUT2D eigenvalue weighted by Crippen LogP contribution is -2.65. The Labute approximate surface area is 164 Å². The van der Waals surface area contributed by atoms with Crippen molar-refractivity contribution >= 4 is 17.9 Å². The van der Waals surface area contributed by atoms with Gasteiger partial charge in [0.1, 0.15) is 16.6 Å². The molecule has 28 heavy (non-hydrogen) atoms. The van der Waals surface area contributed by atoms with Crippen LogP contribution in [0.25, 0.3) is 0 Å². The van der Waals surface area contributed by atoms with E-state index in [0.717, 1.165) is 5.57 Å². The van der Waals surface area contributed by atoms with Gasteiger partial charge in [0.15, 0.2) is 0 Å².